The lowest BCUT2D eigenvalue weighted by Gasteiger charge is -2.16. The molecule has 0 aliphatic carbocycles. The maximum absolute atomic E-state index is 13.1. The Morgan fingerprint density at radius 2 is 1.70 bits per heavy atom. The zero-order valence-electron chi connectivity index (χ0n) is 18.7. The van der Waals surface area contributed by atoms with Crippen LogP contribution in [-0.2, 0) is 0 Å². The number of hydrogen-bond donors (Lipinski definition) is 3. The van der Waals surface area contributed by atoms with E-state index in [1.54, 1.807) is 68.8 Å². The Kier molecular flexibility index (Phi) is 7.78. The van der Waals surface area contributed by atoms with E-state index in [0.29, 0.717) is 23.0 Å². The summed E-state index contributed by atoms with van der Waals surface area (Å²) in [6, 6.07) is 13.9. The second-order valence-electron chi connectivity index (χ2n) is 7.06. The van der Waals surface area contributed by atoms with Crippen molar-refractivity contribution in [1.29, 1.82) is 0 Å². The largest absolute Gasteiger partial charge is 0.495 e. The van der Waals surface area contributed by atoms with Crippen molar-refractivity contribution in [3.05, 3.63) is 81.5 Å². The lowest BCUT2D eigenvalue weighted by atomic mass is 10.1. The number of carbonyl (C=O) groups excluding carboxylic acids is 2. The van der Waals surface area contributed by atoms with Crippen LogP contribution in [0.5, 0.6) is 5.75 Å². The van der Waals surface area contributed by atoms with E-state index in [4.69, 9.17) is 4.74 Å². The number of aryl methyl sites for hydroxylation is 1. The number of benzene rings is 2. The third kappa shape index (κ3) is 5.75. The normalized spacial score (nSPS) is 11.0. The van der Waals surface area contributed by atoms with E-state index in [1.807, 2.05) is 6.92 Å². The maximum atomic E-state index is 13.1. The van der Waals surface area contributed by atoms with Crippen LogP contribution in [0.2, 0.25) is 0 Å². The molecule has 0 spiro atoms. The molecule has 1 heterocycles. The summed E-state index contributed by atoms with van der Waals surface area (Å²) in [5.41, 5.74) is 2.62. The van der Waals surface area contributed by atoms with Gasteiger partial charge in [0.25, 0.3) is 11.8 Å². The number of aliphatic imine (C=N–C) groups is 1. The van der Waals surface area contributed by atoms with Gasteiger partial charge >= 0.3 is 0 Å². The van der Waals surface area contributed by atoms with Crippen LogP contribution in [0.15, 0.2) is 64.2 Å². The van der Waals surface area contributed by atoms with E-state index in [1.165, 1.54) is 7.11 Å². The fourth-order valence-electron chi connectivity index (χ4n) is 3.21. The van der Waals surface area contributed by atoms with Crippen molar-refractivity contribution in [3.63, 3.8) is 0 Å². The predicted molar refractivity (Wildman–Crippen MR) is 134 cm³/mol. The Hall–Kier alpha value is -3.72. The van der Waals surface area contributed by atoms with Crippen molar-refractivity contribution in [2.24, 2.45) is 4.99 Å². The molecular formula is C24H24BrN5O3. The van der Waals surface area contributed by atoms with E-state index >= 15 is 0 Å². The smallest absolute Gasteiger partial charge is 0.259 e. The Balaban J connectivity index is 1.90. The van der Waals surface area contributed by atoms with Crippen LogP contribution in [0, 0.1) is 6.92 Å². The third-order valence-electron chi connectivity index (χ3n) is 4.80. The molecule has 0 bridgehead atoms. The number of methoxy groups -OCH3 is 1. The van der Waals surface area contributed by atoms with Crippen molar-refractivity contribution in [3.8, 4) is 5.75 Å². The van der Waals surface area contributed by atoms with Gasteiger partial charge in [-0.3, -0.25) is 14.6 Å². The minimum absolute atomic E-state index is 0.261. The highest BCUT2D eigenvalue weighted by atomic mass is 79.9. The maximum Gasteiger partial charge on any atom is 0.259 e. The summed E-state index contributed by atoms with van der Waals surface area (Å²) in [6.45, 7) is 1.84. The molecule has 0 aliphatic rings. The number of hydrogen-bond acceptors (Lipinski definition) is 5. The van der Waals surface area contributed by atoms with E-state index in [2.05, 4.69) is 41.9 Å². The summed E-state index contributed by atoms with van der Waals surface area (Å²) in [5.74, 6) is 0.677. The average molecular weight is 510 g/mol. The van der Waals surface area contributed by atoms with Crippen LogP contribution in [0.1, 0.15) is 31.8 Å². The lowest BCUT2D eigenvalue weighted by molar-refractivity contribution is 0.102. The molecule has 0 radical (unpaired) electrons. The van der Waals surface area contributed by atoms with Crippen molar-refractivity contribution >= 4 is 45.1 Å². The predicted octanol–water partition coefficient (Wildman–Crippen LogP) is 4.26. The minimum atomic E-state index is -0.421. The molecule has 0 saturated heterocycles. The van der Waals surface area contributed by atoms with Gasteiger partial charge in [-0.15, -0.1) is 0 Å². The summed E-state index contributed by atoms with van der Waals surface area (Å²) in [6.07, 6.45) is 1.58. The summed E-state index contributed by atoms with van der Waals surface area (Å²) in [5, 5.41) is 8.58. The number of ether oxygens (including phenoxy) is 1. The number of amides is 2. The number of halogens is 1. The van der Waals surface area contributed by atoms with Crippen LogP contribution >= 0.6 is 15.9 Å². The Morgan fingerprint density at radius 1 is 1.00 bits per heavy atom. The van der Waals surface area contributed by atoms with Crippen molar-refractivity contribution in [1.82, 2.24) is 10.3 Å². The van der Waals surface area contributed by atoms with Gasteiger partial charge in [-0.1, -0.05) is 12.1 Å². The molecule has 170 valence electrons. The SMILES string of the molecule is C/N=C(/NC)c1ccc(C(=O)Nc2c(OC)cc(C)cc2C(=O)Nc2ccc(Br)cn2)cc1. The summed E-state index contributed by atoms with van der Waals surface area (Å²) in [7, 11) is 4.95. The van der Waals surface area contributed by atoms with Gasteiger partial charge in [0.2, 0.25) is 0 Å². The Morgan fingerprint density at radius 3 is 2.27 bits per heavy atom. The molecule has 0 fully saturated rings. The van der Waals surface area contributed by atoms with Crippen LogP contribution in [-0.4, -0.2) is 43.8 Å². The van der Waals surface area contributed by atoms with E-state index in [9.17, 15) is 9.59 Å². The minimum Gasteiger partial charge on any atom is -0.495 e. The number of amidine groups is 1. The fourth-order valence-corrected chi connectivity index (χ4v) is 3.44. The highest BCUT2D eigenvalue weighted by molar-refractivity contribution is 9.10. The van der Waals surface area contributed by atoms with E-state index < -0.39 is 5.91 Å². The number of anilines is 2. The van der Waals surface area contributed by atoms with Gasteiger partial charge in [0.05, 0.1) is 18.4 Å². The van der Waals surface area contributed by atoms with Gasteiger partial charge in [0, 0.05) is 35.9 Å². The van der Waals surface area contributed by atoms with Gasteiger partial charge < -0.3 is 20.7 Å². The molecule has 0 aliphatic heterocycles. The molecule has 33 heavy (non-hydrogen) atoms. The molecular weight excluding hydrogens is 486 g/mol. The number of nitrogens with zero attached hydrogens (tertiary/aromatic N) is 2. The van der Waals surface area contributed by atoms with Crippen LogP contribution in [0.25, 0.3) is 0 Å². The molecule has 9 heteroatoms. The standard InChI is InChI=1S/C24H24BrN5O3/c1-14-11-18(24(32)29-20-10-9-17(25)13-28-20)21(19(12-14)33-4)30-23(31)16-7-5-15(6-8-16)22(26-2)27-3/h5-13H,1-4H3,(H,26,27)(H,30,31)(H,28,29,32). The number of nitrogens with one attached hydrogen (secondary N) is 3. The average Bonchev–Trinajstić information content (AvgIpc) is 2.82. The monoisotopic (exact) mass is 509 g/mol. The van der Waals surface area contributed by atoms with Gasteiger partial charge in [-0.2, -0.15) is 0 Å². The van der Waals surface area contributed by atoms with E-state index in [0.717, 1.165) is 15.6 Å². The molecule has 8 nitrogen and oxygen atoms in total. The number of carbonyl (C=O) groups is 2. The first kappa shape index (κ1) is 23.9. The number of pyridine rings is 1. The highest BCUT2D eigenvalue weighted by Gasteiger charge is 2.20. The topological polar surface area (TPSA) is 105 Å². The summed E-state index contributed by atoms with van der Waals surface area (Å²) in [4.78, 5) is 34.4. The lowest BCUT2D eigenvalue weighted by Crippen LogP contribution is -2.21. The summed E-state index contributed by atoms with van der Waals surface area (Å²) < 4.78 is 6.25. The summed E-state index contributed by atoms with van der Waals surface area (Å²) >= 11 is 3.32. The molecule has 2 amide bonds. The van der Waals surface area contributed by atoms with Crippen molar-refractivity contribution < 1.29 is 14.3 Å². The van der Waals surface area contributed by atoms with Crippen molar-refractivity contribution in [2.45, 2.75) is 6.92 Å². The molecule has 3 N–H and O–H groups in total. The van der Waals surface area contributed by atoms with Gasteiger partial charge in [0.15, 0.2) is 0 Å². The fraction of sp³-hybridized carbons (Fsp3) is 0.167. The first-order valence-corrected chi connectivity index (χ1v) is 10.8. The van der Waals surface area contributed by atoms with Crippen LogP contribution < -0.4 is 20.7 Å². The second-order valence-corrected chi connectivity index (χ2v) is 7.97. The van der Waals surface area contributed by atoms with Crippen molar-refractivity contribution in [2.75, 3.05) is 31.8 Å². The van der Waals surface area contributed by atoms with Gasteiger partial charge in [0.1, 0.15) is 17.4 Å². The van der Waals surface area contributed by atoms with Crippen LogP contribution in [0.4, 0.5) is 11.5 Å². The van der Waals surface area contributed by atoms with Gasteiger partial charge in [-0.05, 0) is 64.8 Å². The first-order chi connectivity index (χ1) is 15.9. The van der Waals surface area contributed by atoms with E-state index in [-0.39, 0.29) is 17.2 Å². The molecule has 0 atom stereocenters. The zero-order valence-corrected chi connectivity index (χ0v) is 20.3. The molecule has 0 unspecified atom stereocenters. The molecule has 0 saturated carbocycles. The first-order valence-electron chi connectivity index (χ1n) is 10.0. The Bertz CT molecular complexity index is 1190. The zero-order chi connectivity index (χ0) is 24.0. The molecule has 3 aromatic rings. The van der Waals surface area contributed by atoms with Gasteiger partial charge in [-0.25, -0.2) is 4.98 Å². The molecule has 1 aromatic heterocycles. The third-order valence-corrected chi connectivity index (χ3v) is 5.27. The Labute approximate surface area is 200 Å². The molecule has 2 aromatic carbocycles. The second kappa shape index (κ2) is 10.7. The molecule has 3 rings (SSSR count). The highest BCUT2D eigenvalue weighted by Crippen LogP contribution is 2.31. The quantitative estimate of drug-likeness (QED) is 0.340. The van der Waals surface area contributed by atoms with Crippen LogP contribution in [0.3, 0.4) is 0 Å². The number of rotatable bonds is 6. The number of aromatic nitrogens is 1.